The smallest absolute Gasteiger partial charge is 0.357 e. The molecule has 0 spiro atoms. The van der Waals surface area contributed by atoms with Gasteiger partial charge in [-0.3, -0.25) is 9.59 Å². The third kappa shape index (κ3) is 3.18. The second-order valence-corrected chi connectivity index (χ2v) is 5.35. The number of rotatable bonds is 3. The molecule has 0 aliphatic carbocycles. The molecule has 0 aromatic heterocycles. The van der Waals surface area contributed by atoms with Crippen molar-refractivity contribution in [1.82, 2.24) is 4.90 Å². The zero-order chi connectivity index (χ0) is 17.1. The molecular weight excluding hydrogens is 316 g/mol. The first kappa shape index (κ1) is 16.3. The van der Waals surface area contributed by atoms with E-state index in [1.807, 2.05) is 0 Å². The summed E-state index contributed by atoms with van der Waals surface area (Å²) in [7, 11) is 0. The molecular formula is C16H18N2O6. The lowest BCUT2D eigenvalue weighted by atomic mass is 10.1. The van der Waals surface area contributed by atoms with Crippen LogP contribution in [0.15, 0.2) is 18.2 Å². The Morgan fingerprint density at radius 1 is 1.33 bits per heavy atom. The number of hydrogen-bond acceptors (Lipinski definition) is 6. The second kappa shape index (κ2) is 6.88. The third-order valence-electron chi connectivity index (χ3n) is 3.77. The highest BCUT2D eigenvalue weighted by molar-refractivity contribution is 6.10. The maximum atomic E-state index is 12.5. The Balaban J connectivity index is 1.80. The van der Waals surface area contributed by atoms with Gasteiger partial charge in [0.1, 0.15) is 5.75 Å². The third-order valence-corrected chi connectivity index (χ3v) is 3.77. The van der Waals surface area contributed by atoms with Gasteiger partial charge in [0, 0.05) is 18.7 Å². The minimum Gasteiger partial charge on any atom is -0.466 e. The summed E-state index contributed by atoms with van der Waals surface area (Å²) in [6.07, 6.45) is -1.37. The Bertz CT molecular complexity index is 669. The molecule has 1 unspecified atom stereocenters. The summed E-state index contributed by atoms with van der Waals surface area (Å²) in [5, 5.41) is 2.59. The van der Waals surface area contributed by atoms with Crippen LogP contribution in [-0.4, -0.2) is 61.7 Å². The molecule has 0 radical (unpaired) electrons. The monoisotopic (exact) mass is 334 g/mol. The molecule has 2 aliphatic heterocycles. The van der Waals surface area contributed by atoms with Crippen LogP contribution in [0.25, 0.3) is 0 Å². The molecule has 1 atom stereocenters. The lowest BCUT2D eigenvalue weighted by Gasteiger charge is -2.28. The molecule has 1 N–H and O–H groups in total. The van der Waals surface area contributed by atoms with Gasteiger partial charge in [-0.2, -0.15) is 0 Å². The maximum Gasteiger partial charge on any atom is 0.357 e. The number of anilines is 1. The fourth-order valence-electron chi connectivity index (χ4n) is 2.56. The highest BCUT2D eigenvalue weighted by atomic mass is 16.6. The fourth-order valence-corrected chi connectivity index (χ4v) is 2.56. The Morgan fingerprint density at radius 3 is 2.79 bits per heavy atom. The van der Waals surface area contributed by atoms with Crippen LogP contribution in [0, 0.1) is 0 Å². The predicted octanol–water partition coefficient (Wildman–Crippen LogP) is 0.422. The summed E-state index contributed by atoms with van der Waals surface area (Å²) in [4.78, 5) is 37.9. The molecule has 0 saturated carbocycles. The van der Waals surface area contributed by atoms with Crippen molar-refractivity contribution in [3.63, 3.8) is 0 Å². The molecule has 0 bridgehead atoms. The summed E-state index contributed by atoms with van der Waals surface area (Å²) in [5.74, 6) is -1.22. The first-order valence-electron chi connectivity index (χ1n) is 7.75. The topological polar surface area (TPSA) is 94.2 Å². The summed E-state index contributed by atoms with van der Waals surface area (Å²) in [5.41, 5.74) is 0.841. The van der Waals surface area contributed by atoms with Gasteiger partial charge < -0.3 is 24.4 Å². The molecule has 1 saturated heterocycles. The number of carbonyl (C=O) groups is 3. The zero-order valence-corrected chi connectivity index (χ0v) is 13.2. The average Bonchev–Trinajstić information content (AvgIpc) is 2.61. The van der Waals surface area contributed by atoms with Gasteiger partial charge in [-0.05, 0) is 25.1 Å². The molecule has 8 heteroatoms. The Kier molecular flexibility index (Phi) is 4.66. The number of amides is 2. The first-order valence-corrected chi connectivity index (χ1v) is 7.75. The average molecular weight is 334 g/mol. The summed E-state index contributed by atoms with van der Waals surface area (Å²) < 4.78 is 15.5. The normalized spacial score (nSPS) is 19.8. The van der Waals surface area contributed by atoms with Crippen LogP contribution in [0.3, 0.4) is 0 Å². The summed E-state index contributed by atoms with van der Waals surface area (Å²) >= 11 is 0. The number of hydrogen-bond donors (Lipinski definition) is 1. The Morgan fingerprint density at radius 2 is 2.08 bits per heavy atom. The lowest BCUT2D eigenvalue weighted by Crippen LogP contribution is -2.44. The highest BCUT2D eigenvalue weighted by Crippen LogP contribution is 2.31. The predicted molar refractivity (Wildman–Crippen MR) is 82.8 cm³/mol. The molecule has 3 rings (SSSR count). The molecule has 8 nitrogen and oxygen atoms in total. The molecule has 1 fully saturated rings. The number of carbonyl (C=O) groups excluding carboxylic acids is 3. The summed E-state index contributed by atoms with van der Waals surface area (Å²) in [6, 6.07) is 4.73. The van der Waals surface area contributed by atoms with Crippen molar-refractivity contribution in [2.24, 2.45) is 0 Å². The SMILES string of the molecule is CCOC(=O)C1Oc2cc(C(=O)N3CCOCC3)ccc2NC1=O. The molecule has 2 heterocycles. The van der Waals surface area contributed by atoms with Gasteiger partial charge in [-0.15, -0.1) is 0 Å². The van der Waals surface area contributed by atoms with Crippen molar-refractivity contribution in [3.8, 4) is 5.75 Å². The van der Waals surface area contributed by atoms with E-state index in [9.17, 15) is 14.4 Å². The number of nitrogens with zero attached hydrogens (tertiary/aromatic N) is 1. The molecule has 128 valence electrons. The van der Waals surface area contributed by atoms with Crippen molar-refractivity contribution in [2.45, 2.75) is 13.0 Å². The van der Waals surface area contributed by atoms with Crippen molar-refractivity contribution in [2.75, 3.05) is 38.2 Å². The number of morpholine rings is 1. The van der Waals surface area contributed by atoms with E-state index >= 15 is 0 Å². The van der Waals surface area contributed by atoms with E-state index in [2.05, 4.69) is 5.32 Å². The van der Waals surface area contributed by atoms with E-state index in [1.54, 1.807) is 24.0 Å². The van der Waals surface area contributed by atoms with Crippen LogP contribution < -0.4 is 10.1 Å². The van der Waals surface area contributed by atoms with Gasteiger partial charge in [0.05, 0.1) is 25.5 Å². The van der Waals surface area contributed by atoms with Crippen molar-refractivity contribution >= 4 is 23.5 Å². The minimum atomic E-state index is -1.37. The van der Waals surface area contributed by atoms with Crippen molar-refractivity contribution in [1.29, 1.82) is 0 Å². The second-order valence-electron chi connectivity index (χ2n) is 5.35. The van der Waals surface area contributed by atoms with Gasteiger partial charge in [-0.25, -0.2) is 4.79 Å². The van der Waals surface area contributed by atoms with Gasteiger partial charge in [0.15, 0.2) is 0 Å². The Hall–Kier alpha value is -2.61. The molecule has 2 aliphatic rings. The van der Waals surface area contributed by atoms with Crippen LogP contribution in [0.5, 0.6) is 5.75 Å². The van der Waals surface area contributed by atoms with E-state index in [0.29, 0.717) is 37.6 Å². The van der Waals surface area contributed by atoms with Crippen molar-refractivity contribution < 1.29 is 28.6 Å². The van der Waals surface area contributed by atoms with Crippen LogP contribution >= 0.6 is 0 Å². The van der Waals surface area contributed by atoms with Crippen LogP contribution in [0.2, 0.25) is 0 Å². The zero-order valence-electron chi connectivity index (χ0n) is 13.2. The molecule has 24 heavy (non-hydrogen) atoms. The largest absolute Gasteiger partial charge is 0.466 e. The minimum absolute atomic E-state index is 0.144. The van der Waals surface area contributed by atoms with Gasteiger partial charge >= 0.3 is 5.97 Å². The van der Waals surface area contributed by atoms with Crippen LogP contribution in [0.4, 0.5) is 5.69 Å². The van der Waals surface area contributed by atoms with E-state index in [4.69, 9.17) is 14.2 Å². The molecule has 1 aromatic carbocycles. The number of fused-ring (bicyclic) bond motifs is 1. The van der Waals surface area contributed by atoms with Gasteiger partial charge in [-0.1, -0.05) is 0 Å². The van der Waals surface area contributed by atoms with E-state index in [0.717, 1.165) is 0 Å². The standard InChI is InChI=1S/C16H18N2O6/c1-2-23-16(21)13-14(19)17-11-4-3-10(9-12(11)24-13)15(20)18-5-7-22-8-6-18/h3-4,9,13H,2,5-8H2,1H3,(H,17,19). The number of benzene rings is 1. The maximum absolute atomic E-state index is 12.5. The summed E-state index contributed by atoms with van der Waals surface area (Å²) in [6.45, 7) is 3.86. The Labute approximate surface area is 138 Å². The van der Waals surface area contributed by atoms with E-state index in [1.165, 1.54) is 6.07 Å². The number of nitrogens with one attached hydrogen (secondary N) is 1. The van der Waals surface area contributed by atoms with Crippen molar-refractivity contribution in [3.05, 3.63) is 23.8 Å². The van der Waals surface area contributed by atoms with E-state index in [-0.39, 0.29) is 18.3 Å². The number of ether oxygens (including phenoxy) is 3. The van der Waals surface area contributed by atoms with E-state index < -0.39 is 18.0 Å². The van der Waals surface area contributed by atoms with Crippen LogP contribution in [-0.2, 0) is 19.1 Å². The first-order chi connectivity index (χ1) is 11.6. The molecule has 1 aromatic rings. The lowest BCUT2D eigenvalue weighted by molar-refractivity contribution is -0.155. The van der Waals surface area contributed by atoms with Gasteiger partial charge in [0.2, 0.25) is 0 Å². The highest BCUT2D eigenvalue weighted by Gasteiger charge is 2.35. The van der Waals surface area contributed by atoms with Gasteiger partial charge in [0.25, 0.3) is 17.9 Å². The van der Waals surface area contributed by atoms with Crippen LogP contribution in [0.1, 0.15) is 17.3 Å². The quantitative estimate of drug-likeness (QED) is 0.636. The molecule has 2 amide bonds. The number of esters is 1. The fraction of sp³-hybridized carbons (Fsp3) is 0.438.